The summed E-state index contributed by atoms with van der Waals surface area (Å²) in [6.07, 6.45) is 3.14. The first-order valence-electron chi connectivity index (χ1n) is 5.99. The summed E-state index contributed by atoms with van der Waals surface area (Å²) in [6, 6.07) is 9.74. The lowest BCUT2D eigenvalue weighted by Gasteiger charge is -2.06. The predicted octanol–water partition coefficient (Wildman–Crippen LogP) is 1.50. The van der Waals surface area contributed by atoms with Crippen LogP contribution >= 0.6 is 0 Å². The van der Waals surface area contributed by atoms with Crippen molar-refractivity contribution < 1.29 is 9.59 Å². The van der Waals surface area contributed by atoms with Gasteiger partial charge < -0.3 is 16.4 Å². The average Bonchev–Trinajstić information content (AvgIpc) is 2.46. The lowest BCUT2D eigenvalue weighted by atomic mass is 10.2. The third-order valence-corrected chi connectivity index (χ3v) is 2.62. The van der Waals surface area contributed by atoms with E-state index in [4.69, 9.17) is 5.73 Å². The van der Waals surface area contributed by atoms with E-state index in [9.17, 15) is 9.59 Å². The molecule has 0 saturated carbocycles. The molecule has 6 nitrogen and oxygen atoms in total. The monoisotopic (exact) mass is 270 g/mol. The van der Waals surface area contributed by atoms with Gasteiger partial charge in [0.05, 0.1) is 0 Å². The van der Waals surface area contributed by atoms with Gasteiger partial charge >= 0.3 is 6.03 Å². The van der Waals surface area contributed by atoms with Gasteiger partial charge in [0, 0.05) is 30.2 Å². The lowest BCUT2D eigenvalue weighted by molar-refractivity contribution is 0.0951. The fourth-order valence-electron chi connectivity index (χ4n) is 1.64. The van der Waals surface area contributed by atoms with Crippen molar-refractivity contribution in [3.8, 4) is 0 Å². The summed E-state index contributed by atoms with van der Waals surface area (Å²) >= 11 is 0. The molecule has 0 radical (unpaired) electrons. The van der Waals surface area contributed by atoms with E-state index in [0.29, 0.717) is 17.8 Å². The summed E-state index contributed by atoms with van der Waals surface area (Å²) in [5, 5.41) is 5.26. The molecule has 0 spiro atoms. The highest BCUT2D eigenvalue weighted by atomic mass is 16.2. The highest BCUT2D eigenvalue weighted by molar-refractivity contribution is 5.93. The van der Waals surface area contributed by atoms with Gasteiger partial charge in [0.25, 0.3) is 5.91 Å². The maximum absolute atomic E-state index is 11.8. The maximum atomic E-state index is 11.8. The van der Waals surface area contributed by atoms with Crippen LogP contribution in [0.15, 0.2) is 48.8 Å². The van der Waals surface area contributed by atoms with Gasteiger partial charge in [-0.1, -0.05) is 12.1 Å². The van der Waals surface area contributed by atoms with Crippen LogP contribution in [-0.4, -0.2) is 16.9 Å². The molecule has 1 aromatic heterocycles. The number of amides is 3. The van der Waals surface area contributed by atoms with E-state index in [1.807, 2.05) is 0 Å². The molecule has 3 amide bonds. The molecule has 20 heavy (non-hydrogen) atoms. The largest absolute Gasteiger partial charge is 0.351 e. The molecule has 0 aliphatic heterocycles. The lowest BCUT2D eigenvalue weighted by Crippen LogP contribution is -2.22. The maximum Gasteiger partial charge on any atom is 0.316 e. The molecule has 0 saturated heterocycles. The first kappa shape index (κ1) is 13.5. The Morgan fingerprint density at radius 2 is 1.70 bits per heavy atom. The summed E-state index contributed by atoms with van der Waals surface area (Å²) in [5.74, 6) is -0.160. The van der Waals surface area contributed by atoms with Crippen LogP contribution in [-0.2, 0) is 6.54 Å². The first-order valence-corrected chi connectivity index (χ1v) is 5.99. The number of anilines is 1. The molecule has 0 fully saturated rings. The van der Waals surface area contributed by atoms with Gasteiger partial charge in [-0.2, -0.15) is 0 Å². The van der Waals surface area contributed by atoms with Crippen molar-refractivity contribution in [3.05, 3.63) is 59.9 Å². The number of pyridine rings is 1. The first-order chi connectivity index (χ1) is 9.65. The minimum atomic E-state index is -0.608. The van der Waals surface area contributed by atoms with Crippen molar-refractivity contribution in [1.82, 2.24) is 10.3 Å². The Bertz CT molecular complexity index is 596. The van der Waals surface area contributed by atoms with Crippen LogP contribution in [0, 0.1) is 0 Å². The van der Waals surface area contributed by atoms with Crippen LogP contribution in [0.2, 0.25) is 0 Å². The van der Waals surface area contributed by atoms with E-state index >= 15 is 0 Å². The Morgan fingerprint density at radius 3 is 2.30 bits per heavy atom. The Labute approximate surface area is 116 Å². The summed E-state index contributed by atoms with van der Waals surface area (Å²) in [5.41, 5.74) is 7.11. The van der Waals surface area contributed by atoms with Crippen molar-refractivity contribution in [3.63, 3.8) is 0 Å². The van der Waals surface area contributed by atoms with Crippen molar-refractivity contribution in [2.24, 2.45) is 5.73 Å². The quantitative estimate of drug-likeness (QED) is 0.785. The minimum absolute atomic E-state index is 0.160. The number of carbonyl (C=O) groups is 2. The van der Waals surface area contributed by atoms with Crippen LogP contribution in [0.3, 0.4) is 0 Å². The van der Waals surface area contributed by atoms with Crippen LogP contribution in [0.4, 0.5) is 10.5 Å². The smallest absolute Gasteiger partial charge is 0.316 e. The predicted molar refractivity (Wildman–Crippen MR) is 75.1 cm³/mol. The van der Waals surface area contributed by atoms with Crippen LogP contribution < -0.4 is 16.4 Å². The zero-order chi connectivity index (χ0) is 14.4. The van der Waals surface area contributed by atoms with E-state index in [0.717, 1.165) is 5.56 Å². The number of rotatable bonds is 4. The second-order valence-electron chi connectivity index (χ2n) is 4.10. The molecule has 2 aromatic rings. The van der Waals surface area contributed by atoms with Gasteiger partial charge in [0.15, 0.2) is 0 Å². The Kier molecular flexibility index (Phi) is 4.28. The number of urea groups is 1. The molecule has 0 aliphatic rings. The number of aromatic nitrogens is 1. The van der Waals surface area contributed by atoms with Gasteiger partial charge in [0.1, 0.15) is 0 Å². The molecular weight excluding hydrogens is 256 g/mol. The number of hydrogen-bond donors (Lipinski definition) is 3. The molecular formula is C14H14N4O2. The molecule has 0 aliphatic carbocycles. The number of nitrogens with one attached hydrogen (secondary N) is 2. The fraction of sp³-hybridized carbons (Fsp3) is 0.0714. The molecule has 102 valence electrons. The minimum Gasteiger partial charge on any atom is -0.351 e. The zero-order valence-electron chi connectivity index (χ0n) is 10.7. The molecule has 4 N–H and O–H groups in total. The molecule has 1 heterocycles. The second-order valence-corrected chi connectivity index (χ2v) is 4.10. The Hall–Kier alpha value is -2.89. The number of nitrogens with two attached hydrogens (primary N) is 1. The summed E-state index contributed by atoms with van der Waals surface area (Å²) in [7, 11) is 0. The molecule has 0 unspecified atom stereocenters. The fourth-order valence-corrected chi connectivity index (χ4v) is 1.64. The summed E-state index contributed by atoms with van der Waals surface area (Å²) < 4.78 is 0. The van der Waals surface area contributed by atoms with Crippen molar-refractivity contribution in [2.75, 3.05) is 5.32 Å². The topological polar surface area (TPSA) is 97.1 Å². The highest BCUT2D eigenvalue weighted by Crippen LogP contribution is 2.09. The number of hydrogen-bond acceptors (Lipinski definition) is 3. The molecule has 2 rings (SSSR count). The van der Waals surface area contributed by atoms with E-state index in [2.05, 4.69) is 15.6 Å². The summed E-state index contributed by atoms with van der Waals surface area (Å²) in [4.78, 5) is 26.3. The number of primary amides is 1. The van der Waals surface area contributed by atoms with E-state index in [1.165, 1.54) is 0 Å². The number of carbonyl (C=O) groups excluding carboxylic acids is 2. The van der Waals surface area contributed by atoms with Crippen LogP contribution in [0.5, 0.6) is 0 Å². The molecule has 6 heteroatoms. The number of benzene rings is 1. The van der Waals surface area contributed by atoms with Gasteiger partial charge in [-0.15, -0.1) is 0 Å². The van der Waals surface area contributed by atoms with E-state index in [-0.39, 0.29) is 5.91 Å². The summed E-state index contributed by atoms with van der Waals surface area (Å²) in [6.45, 7) is 0.401. The van der Waals surface area contributed by atoms with Crippen molar-refractivity contribution in [2.45, 2.75) is 6.54 Å². The average molecular weight is 270 g/mol. The van der Waals surface area contributed by atoms with Crippen LogP contribution in [0.1, 0.15) is 15.9 Å². The molecule has 1 aromatic carbocycles. The van der Waals surface area contributed by atoms with Crippen LogP contribution in [0.25, 0.3) is 0 Å². The Balaban J connectivity index is 1.91. The van der Waals surface area contributed by atoms with Gasteiger partial charge in [-0.3, -0.25) is 9.78 Å². The van der Waals surface area contributed by atoms with Gasteiger partial charge in [0.2, 0.25) is 0 Å². The third-order valence-electron chi connectivity index (χ3n) is 2.62. The zero-order valence-corrected chi connectivity index (χ0v) is 10.7. The number of nitrogens with zero attached hydrogens (tertiary/aromatic N) is 1. The second kappa shape index (κ2) is 6.33. The van der Waals surface area contributed by atoms with Crippen molar-refractivity contribution in [1.29, 1.82) is 0 Å². The van der Waals surface area contributed by atoms with E-state index < -0.39 is 6.03 Å². The third kappa shape index (κ3) is 3.81. The SMILES string of the molecule is NC(=O)Nc1ccc(CNC(=O)c2ccncc2)cc1. The standard InChI is InChI=1S/C14H14N4O2/c15-14(20)18-12-3-1-10(2-4-12)9-17-13(19)11-5-7-16-8-6-11/h1-8H,9H2,(H,17,19)(H3,15,18,20). The normalized spacial score (nSPS) is 9.80. The van der Waals surface area contributed by atoms with Gasteiger partial charge in [-0.05, 0) is 29.8 Å². The molecule has 0 bridgehead atoms. The highest BCUT2D eigenvalue weighted by Gasteiger charge is 2.04. The van der Waals surface area contributed by atoms with Gasteiger partial charge in [-0.25, -0.2) is 4.79 Å². The van der Waals surface area contributed by atoms with Crippen molar-refractivity contribution >= 4 is 17.6 Å². The van der Waals surface area contributed by atoms with E-state index in [1.54, 1.807) is 48.8 Å². The molecule has 0 atom stereocenters. The Morgan fingerprint density at radius 1 is 1.05 bits per heavy atom.